The van der Waals surface area contributed by atoms with Crippen LogP contribution in [0.2, 0.25) is 5.02 Å². The molecular weight excluding hydrogens is 370 g/mol. The van der Waals surface area contributed by atoms with E-state index >= 15 is 0 Å². The second-order valence-electron chi connectivity index (χ2n) is 5.77. The lowest BCUT2D eigenvalue weighted by atomic mass is 10.2. The number of carbonyl (C=O) groups excluding carboxylic acids is 1. The molecule has 0 saturated carbocycles. The number of hydrogen-bond donors (Lipinski definition) is 3. The van der Waals surface area contributed by atoms with Gasteiger partial charge < -0.3 is 16.0 Å². The fourth-order valence-corrected chi connectivity index (χ4v) is 3.19. The molecule has 0 atom stereocenters. The average molecular weight is 394 g/mol. The normalized spacial score (nSPS) is 11.3. The van der Waals surface area contributed by atoms with Crippen molar-refractivity contribution in [3.63, 3.8) is 0 Å². The minimum atomic E-state index is -0.102. The fourth-order valence-electron chi connectivity index (χ4n) is 2.19. The summed E-state index contributed by atoms with van der Waals surface area (Å²) in [6.07, 6.45) is 2.15. The van der Waals surface area contributed by atoms with Crippen LogP contribution >= 0.6 is 22.9 Å². The molecule has 0 radical (unpaired) electrons. The number of nitrogens with zero attached hydrogens (tertiary/aromatic N) is 2. The van der Waals surface area contributed by atoms with Gasteiger partial charge in [0, 0.05) is 30.6 Å². The lowest BCUT2D eigenvalue weighted by Gasteiger charge is -2.11. The number of halogens is 1. The van der Waals surface area contributed by atoms with Crippen LogP contribution in [-0.4, -0.2) is 29.9 Å². The summed E-state index contributed by atoms with van der Waals surface area (Å²) in [5.41, 5.74) is 1.68. The predicted molar refractivity (Wildman–Crippen MR) is 109 cm³/mol. The first kappa shape index (κ1) is 20.2. The summed E-state index contributed by atoms with van der Waals surface area (Å²) in [6, 6.07) is 5.55. The van der Waals surface area contributed by atoms with Crippen LogP contribution in [0.25, 0.3) is 0 Å². The quantitative estimate of drug-likeness (QED) is 0.497. The van der Waals surface area contributed by atoms with E-state index in [0.29, 0.717) is 36.2 Å². The molecule has 140 valence electrons. The summed E-state index contributed by atoms with van der Waals surface area (Å²) in [7, 11) is 0. The van der Waals surface area contributed by atoms with Gasteiger partial charge in [-0.25, -0.2) is 9.98 Å². The molecule has 0 bridgehead atoms. The molecule has 2 rings (SSSR count). The van der Waals surface area contributed by atoms with Gasteiger partial charge in [-0.05, 0) is 38.5 Å². The van der Waals surface area contributed by atoms with Gasteiger partial charge in [-0.2, -0.15) is 0 Å². The standard InChI is InChI=1S/C18H24ClN5OS/c1-4-20-18(23-11-17-22-10-13(3)26-17)21-8-7-16(25)24-15-6-5-12(2)9-14(15)19/h5-6,9-10H,4,7-8,11H2,1-3H3,(H,24,25)(H2,20,21,23). The molecule has 3 N–H and O–H groups in total. The Balaban J connectivity index is 1.81. The zero-order valence-electron chi connectivity index (χ0n) is 15.2. The lowest BCUT2D eigenvalue weighted by Crippen LogP contribution is -2.38. The molecule has 8 heteroatoms. The first-order valence-corrected chi connectivity index (χ1v) is 9.67. The Morgan fingerprint density at radius 1 is 1.31 bits per heavy atom. The van der Waals surface area contributed by atoms with Crippen molar-refractivity contribution in [1.82, 2.24) is 15.6 Å². The lowest BCUT2D eigenvalue weighted by molar-refractivity contribution is -0.116. The number of aliphatic imine (C=N–C) groups is 1. The van der Waals surface area contributed by atoms with Crippen molar-refractivity contribution in [3.05, 3.63) is 44.9 Å². The third kappa shape index (κ3) is 6.65. The number of benzene rings is 1. The predicted octanol–water partition coefficient (Wildman–Crippen LogP) is 3.50. The SMILES string of the molecule is CCNC(=NCc1ncc(C)s1)NCCC(=O)Nc1ccc(C)cc1Cl. The number of hydrogen-bond acceptors (Lipinski definition) is 4. The molecule has 0 saturated heterocycles. The largest absolute Gasteiger partial charge is 0.357 e. The third-order valence-electron chi connectivity index (χ3n) is 3.43. The number of aryl methyl sites for hydroxylation is 2. The van der Waals surface area contributed by atoms with Crippen LogP contribution in [0.4, 0.5) is 5.69 Å². The van der Waals surface area contributed by atoms with E-state index in [1.807, 2.05) is 45.2 Å². The molecule has 2 aromatic rings. The molecule has 0 spiro atoms. The zero-order chi connectivity index (χ0) is 18.9. The van der Waals surface area contributed by atoms with Gasteiger partial charge in [0.15, 0.2) is 5.96 Å². The Bertz CT molecular complexity index is 775. The topological polar surface area (TPSA) is 78.4 Å². The number of amides is 1. The number of anilines is 1. The number of thiazole rings is 1. The molecule has 1 amide bonds. The van der Waals surface area contributed by atoms with Crippen molar-refractivity contribution in [2.75, 3.05) is 18.4 Å². The molecule has 0 aliphatic carbocycles. The minimum Gasteiger partial charge on any atom is -0.357 e. The van der Waals surface area contributed by atoms with Crippen molar-refractivity contribution in [2.24, 2.45) is 4.99 Å². The van der Waals surface area contributed by atoms with Crippen LogP contribution in [0.1, 0.15) is 28.8 Å². The Morgan fingerprint density at radius 2 is 2.12 bits per heavy atom. The van der Waals surface area contributed by atoms with Crippen molar-refractivity contribution >= 4 is 40.5 Å². The smallest absolute Gasteiger partial charge is 0.226 e. The fraction of sp³-hybridized carbons (Fsp3) is 0.389. The maximum Gasteiger partial charge on any atom is 0.226 e. The van der Waals surface area contributed by atoms with E-state index in [-0.39, 0.29) is 5.91 Å². The number of aromatic nitrogens is 1. The van der Waals surface area contributed by atoms with Crippen LogP contribution in [0.5, 0.6) is 0 Å². The first-order chi connectivity index (χ1) is 12.5. The highest BCUT2D eigenvalue weighted by Gasteiger charge is 2.07. The van der Waals surface area contributed by atoms with Crippen molar-refractivity contribution in [3.8, 4) is 0 Å². The van der Waals surface area contributed by atoms with Gasteiger partial charge >= 0.3 is 0 Å². The molecule has 0 aliphatic rings. The van der Waals surface area contributed by atoms with E-state index in [1.54, 1.807) is 11.3 Å². The van der Waals surface area contributed by atoms with Gasteiger partial charge in [0.2, 0.25) is 5.91 Å². The molecule has 26 heavy (non-hydrogen) atoms. The first-order valence-electron chi connectivity index (χ1n) is 8.47. The molecule has 0 unspecified atom stereocenters. The van der Waals surface area contributed by atoms with Crippen molar-refractivity contribution in [2.45, 2.75) is 33.7 Å². The van der Waals surface area contributed by atoms with E-state index < -0.39 is 0 Å². The Labute approximate surface area is 163 Å². The van der Waals surface area contributed by atoms with Crippen molar-refractivity contribution in [1.29, 1.82) is 0 Å². The molecular formula is C18H24ClN5OS. The van der Waals surface area contributed by atoms with Crippen LogP contribution in [-0.2, 0) is 11.3 Å². The summed E-state index contributed by atoms with van der Waals surface area (Å²) in [6.45, 7) is 7.70. The van der Waals surface area contributed by atoms with Gasteiger partial charge in [0.05, 0.1) is 17.3 Å². The van der Waals surface area contributed by atoms with Crippen LogP contribution in [0, 0.1) is 13.8 Å². The molecule has 1 aromatic carbocycles. The van der Waals surface area contributed by atoms with Gasteiger partial charge in [-0.15, -0.1) is 11.3 Å². The maximum absolute atomic E-state index is 12.1. The van der Waals surface area contributed by atoms with E-state index in [0.717, 1.165) is 17.1 Å². The molecule has 1 heterocycles. The highest BCUT2D eigenvalue weighted by molar-refractivity contribution is 7.11. The summed E-state index contributed by atoms with van der Waals surface area (Å²) in [5.74, 6) is 0.566. The Kier molecular flexibility index (Phi) is 7.87. The summed E-state index contributed by atoms with van der Waals surface area (Å²) in [5, 5.41) is 10.7. The van der Waals surface area contributed by atoms with Crippen LogP contribution in [0.3, 0.4) is 0 Å². The monoisotopic (exact) mass is 393 g/mol. The van der Waals surface area contributed by atoms with Crippen LogP contribution in [0.15, 0.2) is 29.4 Å². The summed E-state index contributed by atoms with van der Waals surface area (Å²) in [4.78, 5) is 22.0. The van der Waals surface area contributed by atoms with E-state index in [4.69, 9.17) is 11.6 Å². The van der Waals surface area contributed by atoms with E-state index in [2.05, 4.69) is 25.9 Å². The summed E-state index contributed by atoms with van der Waals surface area (Å²) < 4.78 is 0. The second kappa shape index (κ2) is 10.1. The van der Waals surface area contributed by atoms with E-state index in [9.17, 15) is 4.79 Å². The number of nitrogens with one attached hydrogen (secondary N) is 3. The van der Waals surface area contributed by atoms with Gasteiger partial charge in [-0.1, -0.05) is 17.7 Å². The molecule has 0 fully saturated rings. The summed E-state index contributed by atoms with van der Waals surface area (Å²) >= 11 is 7.77. The van der Waals surface area contributed by atoms with Crippen molar-refractivity contribution < 1.29 is 4.79 Å². The number of rotatable bonds is 7. The van der Waals surface area contributed by atoms with E-state index in [1.165, 1.54) is 4.88 Å². The Morgan fingerprint density at radius 3 is 2.77 bits per heavy atom. The number of carbonyl (C=O) groups is 1. The molecule has 0 aliphatic heterocycles. The van der Waals surface area contributed by atoms with Gasteiger partial charge in [0.25, 0.3) is 0 Å². The maximum atomic E-state index is 12.1. The second-order valence-corrected chi connectivity index (χ2v) is 7.49. The highest BCUT2D eigenvalue weighted by Crippen LogP contribution is 2.22. The number of guanidine groups is 1. The molecule has 1 aromatic heterocycles. The van der Waals surface area contributed by atoms with Gasteiger partial charge in [-0.3, -0.25) is 4.79 Å². The zero-order valence-corrected chi connectivity index (χ0v) is 16.8. The average Bonchev–Trinajstić information content (AvgIpc) is 3.00. The van der Waals surface area contributed by atoms with Gasteiger partial charge in [0.1, 0.15) is 5.01 Å². The Hall–Kier alpha value is -2.12. The van der Waals surface area contributed by atoms with Crippen LogP contribution < -0.4 is 16.0 Å². The highest BCUT2D eigenvalue weighted by atomic mass is 35.5. The minimum absolute atomic E-state index is 0.102. The molecule has 6 nitrogen and oxygen atoms in total. The third-order valence-corrected chi connectivity index (χ3v) is 4.64.